The Kier molecular flexibility index (Phi) is 5.11. The second-order valence-electron chi connectivity index (χ2n) is 6.33. The van der Waals surface area contributed by atoms with Crippen LogP contribution in [0.25, 0.3) is 0 Å². The zero-order valence-electron chi connectivity index (χ0n) is 13.3. The average Bonchev–Trinajstić information content (AvgIpc) is 3.29. The number of sulfonamides is 1. The summed E-state index contributed by atoms with van der Waals surface area (Å²) >= 11 is 0. The van der Waals surface area contributed by atoms with Crippen molar-refractivity contribution in [2.45, 2.75) is 44.4 Å². The molecule has 22 heavy (non-hydrogen) atoms. The van der Waals surface area contributed by atoms with Gasteiger partial charge >= 0.3 is 5.97 Å². The van der Waals surface area contributed by atoms with Gasteiger partial charge in [-0.3, -0.25) is 4.79 Å². The van der Waals surface area contributed by atoms with Crippen LogP contribution in [0.15, 0.2) is 0 Å². The largest absolute Gasteiger partial charge is 0.467 e. The Labute approximate surface area is 131 Å². The molecule has 1 saturated heterocycles. The third-order valence-corrected chi connectivity index (χ3v) is 6.42. The fourth-order valence-corrected chi connectivity index (χ4v) is 4.50. The van der Waals surface area contributed by atoms with Crippen LogP contribution in [0.4, 0.5) is 0 Å². The highest BCUT2D eigenvalue weighted by molar-refractivity contribution is 7.90. The molecule has 2 aliphatic rings. The van der Waals surface area contributed by atoms with Crippen molar-refractivity contribution in [2.75, 3.05) is 26.7 Å². The molecule has 2 fully saturated rings. The van der Waals surface area contributed by atoms with Crippen LogP contribution >= 0.6 is 0 Å². The van der Waals surface area contributed by atoms with Crippen LogP contribution in [0, 0.1) is 5.92 Å². The van der Waals surface area contributed by atoms with E-state index in [4.69, 9.17) is 4.74 Å². The molecule has 1 unspecified atom stereocenters. The van der Waals surface area contributed by atoms with Gasteiger partial charge in [-0.2, -0.15) is 4.31 Å². The Balaban J connectivity index is 2.08. The molecule has 8 heteroatoms. The highest BCUT2D eigenvalue weighted by atomic mass is 32.2. The number of nitrogens with zero attached hydrogens (tertiary/aromatic N) is 2. The topological polar surface area (TPSA) is 84.0 Å². The smallest absolute Gasteiger partial charge is 0.328 e. The standard InChI is InChI=1S/C14H24N2O5S/c1-10(2)8-12(14(18)21-3)16-7-6-15(9-13(16)17)22(19,20)11-4-5-11/h10-12H,4-9H2,1-3H3. The van der Waals surface area contributed by atoms with E-state index in [1.54, 1.807) is 0 Å². The number of rotatable bonds is 6. The minimum absolute atomic E-state index is 0.176. The third-order valence-electron chi connectivity index (χ3n) is 4.07. The van der Waals surface area contributed by atoms with E-state index in [0.717, 1.165) is 0 Å². The average molecular weight is 332 g/mol. The van der Waals surface area contributed by atoms with Crippen LogP contribution in [-0.4, -0.2) is 67.5 Å². The van der Waals surface area contributed by atoms with Crippen molar-refractivity contribution in [3.63, 3.8) is 0 Å². The zero-order chi connectivity index (χ0) is 16.5. The monoisotopic (exact) mass is 332 g/mol. The number of ether oxygens (including phenoxy) is 1. The summed E-state index contributed by atoms with van der Waals surface area (Å²) in [6, 6.07) is -0.636. The quantitative estimate of drug-likeness (QED) is 0.649. The van der Waals surface area contributed by atoms with Crippen molar-refractivity contribution in [2.24, 2.45) is 5.92 Å². The normalized spacial score (nSPS) is 22.0. The second kappa shape index (κ2) is 6.54. The molecule has 1 saturated carbocycles. The third kappa shape index (κ3) is 3.60. The maximum Gasteiger partial charge on any atom is 0.328 e. The van der Waals surface area contributed by atoms with Crippen LogP contribution in [0.5, 0.6) is 0 Å². The van der Waals surface area contributed by atoms with E-state index in [0.29, 0.717) is 19.3 Å². The summed E-state index contributed by atoms with van der Waals surface area (Å²) < 4.78 is 30.5. The van der Waals surface area contributed by atoms with Crippen LogP contribution in [0.1, 0.15) is 33.1 Å². The van der Waals surface area contributed by atoms with Crippen molar-refractivity contribution in [1.29, 1.82) is 0 Å². The molecule has 0 aromatic carbocycles. The number of hydrogen-bond donors (Lipinski definition) is 0. The molecule has 1 aliphatic heterocycles. The lowest BCUT2D eigenvalue weighted by Gasteiger charge is -2.37. The van der Waals surface area contributed by atoms with Gasteiger partial charge in [-0.15, -0.1) is 0 Å². The summed E-state index contributed by atoms with van der Waals surface area (Å²) in [5.41, 5.74) is 0. The molecule has 0 bridgehead atoms. The number of amides is 1. The Morgan fingerprint density at radius 2 is 1.95 bits per heavy atom. The lowest BCUT2D eigenvalue weighted by molar-refractivity contribution is -0.155. The molecule has 0 aromatic heterocycles. The molecule has 7 nitrogen and oxygen atoms in total. The number of carbonyl (C=O) groups is 2. The number of hydrogen-bond acceptors (Lipinski definition) is 5. The molecule has 0 N–H and O–H groups in total. The van der Waals surface area contributed by atoms with E-state index >= 15 is 0 Å². The Morgan fingerprint density at radius 3 is 2.41 bits per heavy atom. The van der Waals surface area contributed by atoms with Gasteiger partial charge in [0, 0.05) is 13.1 Å². The predicted octanol–water partition coefficient (Wildman–Crippen LogP) is 0.211. The van der Waals surface area contributed by atoms with Gasteiger partial charge in [0.05, 0.1) is 18.9 Å². The molecule has 1 atom stereocenters. The van der Waals surface area contributed by atoms with E-state index in [2.05, 4.69) is 0 Å². The van der Waals surface area contributed by atoms with Crippen molar-refractivity contribution < 1.29 is 22.7 Å². The molecular weight excluding hydrogens is 308 g/mol. The second-order valence-corrected chi connectivity index (χ2v) is 8.55. The van der Waals surface area contributed by atoms with Gasteiger partial charge in [-0.25, -0.2) is 13.2 Å². The molecule has 126 valence electrons. The summed E-state index contributed by atoms with van der Waals surface area (Å²) in [5, 5.41) is -0.320. The fourth-order valence-electron chi connectivity index (χ4n) is 2.72. The predicted molar refractivity (Wildman–Crippen MR) is 80.5 cm³/mol. The van der Waals surface area contributed by atoms with Gasteiger partial charge < -0.3 is 9.64 Å². The van der Waals surface area contributed by atoms with Crippen LogP contribution in [-0.2, 0) is 24.3 Å². The van der Waals surface area contributed by atoms with Crippen molar-refractivity contribution in [1.82, 2.24) is 9.21 Å². The minimum atomic E-state index is -3.35. The summed E-state index contributed by atoms with van der Waals surface area (Å²) in [6.07, 6.45) is 1.86. The summed E-state index contributed by atoms with van der Waals surface area (Å²) in [6.45, 7) is 4.24. The summed E-state index contributed by atoms with van der Waals surface area (Å²) in [7, 11) is -2.05. The van der Waals surface area contributed by atoms with Crippen LogP contribution < -0.4 is 0 Å². The SMILES string of the molecule is COC(=O)C(CC(C)C)N1CCN(S(=O)(=O)C2CC2)CC1=O. The zero-order valence-corrected chi connectivity index (χ0v) is 14.1. The molecule has 0 aromatic rings. The van der Waals surface area contributed by atoms with Gasteiger partial charge in [0.2, 0.25) is 15.9 Å². The first-order valence-corrected chi connectivity index (χ1v) is 9.14. The van der Waals surface area contributed by atoms with Crippen molar-refractivity contribution >= 4 is 21.9 Å². The molecule has 0 radical (unpaired) electrons. The fraction of sp³-hybridized carbons (Fsp3) is 0.857. The molecular formula is C14H24N2O5S. The first-order chi connectivity index (χ1) is 10.3. The Morgan fingerprint density at radius 1 is 1.32 bits per heavy atom. The van der Waals surface area contributed by atoms with Gasteiger partial charge in [-0.05, 0) is 25.2 Å². The van der Waals surface area contributed by atoms with E-state index in [1.807, 2.05) is 13.8 Å². The first kappa shape index (κ1) is 17.2. The van der Waals surface area contributed by atoms with Crippen LogP contribution in [0.2, 0.25) is 0 Å². The number of esters is 1. The minimum Gasteiger partial charge on any atom is -0.467 e. The van der Waals surface area contributed by atoms with Crippen molar-refractivity contribution in [3.8, 4) is 0 Å². The molecule has 0 spiro atoms. The van der Waals surface area contributed by atoms with Gasteiger partial charge in [0.15, 0.2) is 0 Å². The molecule has 1 amide bonds. The Hall–Kier alpha value is -1.15. The van der Waals surface area contributed by atoms with E-state index in [9.17, 15) is 18.0 Å². The van der Waals surface area contributed by atoms with E-state index < -0.39 is 22.0 Å². The number of methoxy groups -OCH3 is 1. The van der Waals surface area contributed by atoms with Gasteiger partial charge in [-0.1, -0.05) is 13.8 Å². The van der Waals surface area contributed by atoms with E-state index in [-0.39, 0.29) is 36.7 Å². The summed E-state index contributed by atoms with van der Waals surface area (Å²) in [5.74, 6) is -0.544. The van der Waals surface area contributed by atoms with Crippen molar-refractivity contribution in [3.05, 3.63) is 0 Å². The molecule has 1 aliphatic carbocycles. The summed E-state index contributed by atoms with van der Waals surface area (Å²) in [4.78, 5) is 25.8. The van der Waals surface area contributed by atoms with Gasteiger partial charge in [0.1, 0.15) is 6.04 Å². The number of carbonyl (C=O) groups excluding carboxylic acids is 2. The maximum atomic E-state index is 12.3. The highest BCUT2D eigenvalue weighted by Crippen LogP contribution is 2.31. The van der Waals surface area contributed by atoms with E-state index in [1.165, 1.54) is 16.3 Å². The number of piperazine rings is 1. The first-order valence-electron chi connectivity index (χ1n) is 7.63. The molecule has 2 rings (SSSR count). The molecule has 1 heterocycles. The lowest BCUT2D eigenvalue weighted by atomic mass is 10.0. The Bertz CT molecular complexity index is 541. The van der Waals surface area contributed by atoms with Gasteiger partial charge in [0.25, 0.3) is 0 Å². The lowest BCUT2D eigenvalue weighted by Crippen LogP contribution is -2.58. The van der Waals surface area contributed by atoms with Crippen LogP contribution in [0.3, 0.4) is 0 Å². The highest BCUT2D eigenvalue weighted by Gasteiger charge is 2.44. The maximum absolute atomic E-state index is 12.3.